The van der Waals surface area contributed by atoms with Gasteiger partial charge in [0, 0.05) is 32.4 Å². The Balaban J connectivity index is 1.51. The number of carbonyl (C=O) groups is 2. The lowest BCUT2D eigenvalue weighted by atomic mass is 9.98. The number of H-pyrrole nitrogens is 1. The van der Waals surface area contributed by atoms with Crippen molar-refractivity contribution >= 4 is 11.8 Å². The predicted molar refractivity (Wildman–Crippen MR) is 104 cm³/mol. The Kier molecular flexibility index (Phi) is 6.16. The summed E-state index contributed by atoms with van der Waals surface area (Å²) < 4.78 is 5.83. The van der Waals surface area contributed by atoms with Gasteiger partial charge in [-0.2, -0.15) is 0 Å². The third kappa shape index (κ3) is 4.51. The van der Waals surface area contributed by atoms with Gasteiger partial charge in [-0.25, -0.2) is 0 Å². The molecule has 0 saturated carbocycles. The molecule has 144 valence electrons. The molecular weight excluding hydrogens is 342 g/mol. The quantitative estimate of drug-likeness (QED) is 0.851. The summed E-state index contributed by atoms with van der Waals surface area (Å²) in [6, 6.07) is 11.5. The third-order valence-corrected chi connectivity index (χ3v) is 5.16. The van der Waals surface area contributed by atoms with Crippen LogP contribution in [0.25, 0.3) is 0 Å². The molecule has 0 bridgehead atoms. The van der Waals surface area contributed by atoms with Crippen LogP contribution in [0.4, 0.5) is 0 Å². The van der Waals surface area contributed by atoms with E-state index in [0.29, 0.717) is 37.8 Å². The molecule has 27 heavy (non-hydrogen) atoms. The van der Waals surface area contributed by atoms with Crippen LogP contribution in [0.5, 0.6) is 5.75 Å². The molecule has 6 nitrogen and oxygen atoms in total. The zero-order chi connectivity index (χ0) is 19.2. The molecule has 1 fully saturated rings. The van der Waals surface area contributed by atoms with Crippen molar-refractivity contribution < 1.29 is 14.3 Å². The average Bonchev–Trinajstić information content (AvgIpc) is 3.26. The van der Waals surface area contributed by atoms with Crippen molar-refractivity contribution in [2.45, 2.75) is 26.2 Å². The minimum absolute atomic E-state index is 0.0224. The van der Waals surface area contributed by atoms with E-state index in [1.165, 1.54) is 0 Å². The van der Waals surface area contributed by atoms with E-state index in [0.717, 1.165) is 17.7 Å². The first kappa shape index (κ1) is 19.0. The number of aromatic amines is 1. The van der Waals surface area contributed by atoms with E-state index in [9.17, 15) is 9.59 Å². The standard InChI is InChI=1S/C21H27N3O3/c1-3-16(2)17-7-4-5-9-19(17)27-15-20(25)23-11-13-24(14-12-23)21(26)18-8-6-10-22-18/h4-10,16,22H,3,11-15H2,1-2H3/t16-/m0/s1. The van der Waals surface area contributed by atoms with Gasteiger partial charge in [0.05, 0.1) is 0 Å². The van der Waals surface area contributed by atoms with Crippen LogP contribution in [0.15, 0.2) is 42.6 Å². The molecule has 1 aromatic carbocycles. The molecule has 0 aliphatic carbocycles. The van der Waals surface area contributed by atoms with Gasteiger partial charge in [-0.05, 0) is 36.1 Å². The Labute approximate surface area is 160 Å². The lowest BCUT2D eigenvalue weighted by Gasteiger charge is -2.34. The summed E-state index contributed by atoms with van der Waals surface area (Å²) in [5, 5.41) is 0. The average molecular weight is 369 g/mol. The molecule has 1 N–H and O–H groups in total. The normalized spacial score (nSPS) is 15.5. The third-order valence-electron chi connectivity index (χ3n) is 5.16. The minimum Gasteiger partial charge on any atom is -0.483 e. The van der Waals surface area contributed by atoms with Crippen LogP contribution in [-0.4, -0.2) is 59.4 Å². The number of benzene rings is 1. The Morgan fingerprint density at radius 1 is 1.07 bits per heavy atom. The SMILES string of the molecule is CC[C@H](C)c1ccccc1OCC(=O)N1CCN(C(=O)c2ccc[nH]2)CC1. The number of para-hydroxylation sites is 1. The summed E-state index contributed by atoms with van der Waals surface area (Å²) in [5.41, 5.74) is 1.72. The van der Waals surface area contributed by atoms with Crippen molar-refractivity contribution in [3.8, 4) is 5.75 Å². The number of rotatable bonds is 6. The summed E-state index contributed by atoms with van der Waals surface area (Å²) in [7, 11) is 0. The molecule has 1 aliphatic rings. The second kappa shape index (κ2) is 8.75. The lowest BCUT2D eigenvalue weighted by molar-refractivity contribution is -0.134. The number of nitrogens with zero attached hydrogens (tertiary/aromatic N) is 2. The summed E-state index contributed by atoms with van der Waals surface area (Å²) in [6.45, 7) is 6.45. The molecule has 0 unspecified atom stereocenters. The van der Waals surface area contributed by atoms with Gasteiger partial charge in [0.25, 0.3) is 11.8 Å². The molecule has 6 heteroatoms. The zero-order valence-corrected chi connectivity index (χ0v) is 16.0. The maximum atomic E-state index is 12.5. The molecule has 2 amide bonds. The summed E-state index contributed by atoms with van der Waals surface area (Å²) in [6.07, 6.45) is 2.76. The van der Waals surface area contributed by atoms with Crippen LogP contribution in [0, 0.1) is 0 Å². The van der Waals surface area contributed by atoms with E-state index in [4.69, 9.17) is 4.74 Å². The van der Waals surface area contributed by atoms with Gasteiger partial charge < -0.3 is 19.5 Å². The van der Waals surface area contributed by atoms with Crippen molar-refractivity contribution in [1.29, 1.82) is 0 Å². The van der Waals surface area contributed by atoms with E-state index in [1.54, 1.807) is 22.1 Å². The van der Waals surface area contributed by atoms with E-state index in [2.05, 4.69) is 24.9 Å². The highest BCUT2D eigenvalue weighted by Crippen LogP contribution is 2.28. The van der Waals surface area contributed by atoms with E-state index >= 15 is 0 Å². The smallest absolute Gasteiger partial charge is 0.270 e. The first-order valence-electron chi connectivity index (χ1n) is 9.52. The molecule has 1 saturated heterocycles. The first-order valence-corrected chi connectivity index (χ1v) is 9.52. The van der Waals surface area contributed by atoms with Crippen LogP contribution in [0.2, 0.25) is 0 Å². The van der Waals surface area contributed by atoms with Crippen molar-refractivity contribution in [3.05, 3.63) is 53.9 Å². The van der Waals surface area contributed by atoms with E-state index < -0.39 is 0 Å². The maximum absolute atomic E-state index is 12.5. The fourth-order valence-corrected chi connectivity index (χ4v) is 3.26. The van der Waals surface area contributed by atoms with Gasteiger partial charge in [-0.15, -0.1) is 0 Å². The number of amides is 2. The number of hydrogen-bond acceptors (Lipinski definition) is 3. The fraction of sp³-hybridized carbons (Fsp3) is 0.429. The first-order chi connectivity index (χ1) is 13.1. The second-order valence-electron chi connectivity index (χ2n) is 6.89. The number of aromatic nitrogens is 1. The van der Waals surface area contributed by atoms with Crippen LogP contribution >= 0.6 is 0 Å². The largest absolute Gasteiger partial charge is 0.483 e. The maximum Gasteiger partial charge on any atom is 0.270 e. The Bertz CT molecular complexity index is 765. The monoisotopic (exact) mass is 369 g/mol. The Morgan fingerprint density at radius 3 is 2.44 bits per heavy atom. The van der Waals surface area contributed by atoms with Crippen molar-refractivity contribution in [3.63, 3.8) is 0 Å². The number of hydrogen-bond donors (Lipinski definition) is 1. The summed E-state index contributed by atoms with van der Waals surface area (Å²) in [5.74, 6) is 1.10. The molecule has 1 atom stereocenters. The van der Waals surface area contributed by atoms with Crippen LogP contribution in [-0.2, 0) is 4.79 Å². The molecule has 1 aliphatic heterocycles. The highest BCUT2D eigenvalue weighted by molar-refractivity contribution is 5.92. The summed E-state index contributed by atoms with van der Waals surface area (Å²) in [4.78, 5) is 31.3. The van der Waals surface area contributed by atoms with Crippen molar-refractivity contribution in [2.24, 2.45) is 0 Å². The predicted octanol–water partition coefficient (Wildman–Crippen LogP) is 2.89. The van der Waals surface area contributed by atoms with Gasteiger partial charge in [-0.3, -0.25) is 9.59 Å². The highest BCUT2D eigenvalue weighted by Gasteiger charge is 2.25. The number of carbonyl (C=O) groups excluding carboxylic acids is 2. The van der Waals surface area contributed by atoms with Gasteiger partial charge in [0.1, 0.15) is 11.4 Å². The second-order valence-corrected chi connectivity index (χ2v) is 6.89. The van der Waals surface area contributed by atoms with Gasteiger partial charge in [-0.1, -0.05) is 32.0 Å². The molecule has 3 rings (SSSR count). The number of nitrogens with one attached hydrogen (secondary N) is 1. The van der Waals surface area contributed by atoms with Crippen LogP contribution < -0.4 is 4.74 Å². The van der Waals surface area contributed by atoms with Crippen LogP contribution in [0.3, 0.4) is 0 Å². The fourth-order valence-electron chi connectivity index (χ4n) is 3.26. The summed E-state index contributed by atoms with van der Waals surface area (Å²) >= 11 is 0. The minimum atomic E-state index is -0.0408. The molecule has 2 heterocycles. The van der Waals surface area contributed by atoms with Gasteiger partial charge in [0.2, 0.25) is 0 Å². The molecule has 1 aromatic heterocycles. The molecule has 0 spiro atoms. The zero-order valence-electron chi connectivity index (χ0n) is 16.0. The Morgan fingerprint density at radius 2 is 1.78 bits per heavy atom. The topological polar surface area (TPSA) is 65.6 Å². The van der Waals surface area contributed by atoms with Gasteiger partial charge in [0.15, 0.2) is 6.61 Å². The molecule has 0 radical (unpaired) electrons. The van der Waals surface area contributed by atoms with Crippen molar-refractivity contribution in [2.75, 3.05) is 32.8 Å². The Hall–Kier alpha value is -2.76. The molecular formula is C21H27N3O3. The van der Waals surface area contributed by atoms with Crippen molar-refractivity contribution in [1.82, 2.24) is 14.8 Å². The molecule has 2 aromatic rings. The van der Waals surface area contributed by atoms with Gasteiger partial charge >= 0.3 is 0 Å². The lowest BCUT2D eigenvalue weighted by Crippen LogP contribution is -2.51. The highest BCUT2D eigenvalue weighted by atomic mass is 16.5. The van der Waals surface area contributed by atoms with E-state index in [-0.39, 0.29) is 18.4 Å². The number of ether oxygens (including phenoxy) is 1. The van der Waals surface area contributed by atoms with Crippen LogP contribution in [0.1, 0.15) is 42.2 Å². The van der Waals surface area contributed by atoms with E-state index in [1.807, 2.05) is 24.3 Å². The number of piperazine rings is 1.